The Morgan fingerprint density at radius 3 is 2.57 bits per heavy atom. The number of hydrogen-bond donors (Lipinski definition) is 2. The molecule has 2 N–H and O–H groups in total. The Balaban J connectivity index is 0.000000980. The quantitative estimate of drug-likeness (QED) is 0.735. The minimum Gasteiger partial charge on any atom is -0.387 e. The zero-order valence-electron chi connectivity index (χ0n) is 7.99. The Bertz CT molecular complexity index is 270. The van der Waals surface area contributed by atoms with Gasteiger partial charge in [-0.3, -0.25) is 0 Å². The predicted molar refractivity (Wildman–Crippen MR) is 51.3 cm³/mol. The summed E-state index contributed by atoms with van der Waals surface area (Å²) >= 11 is 0. The van der Waals surface area contributed by atoms with Gasteiger partial charge in [0.25, 0.3) is 0 Å². The maximum Gasteiger partial charge on any atom is 0.0698 e. The summed E-state index contributed by atoms with van der Waals surface area (Å²) in [4.78, 5) is 0. The molecule has 0 saturated carbocycles. The van der Waals surface area contributed by atoms with Crippen LogP contribution in [0.4, 0.5) is 0 Å². The van der Waals surface area contributed by atoms with E-state index in [-0.39, 0.29) is 21.1 Å². The van der Waals surface area contributed by atoms with E-state index in [4.69, 9.17) is 0 Å². The van der Waals surface area contributed by atoms with E-state index in [2.05, 4.69) is 11.4 Å². The predicted octanol–water partition coefficient (Wildman–Crippen LogP) is 1.06. The van der Waals surface area contributed by atoms with Crippen LogP contribution in [0.15, 0.2) is 24.3 Å². The number of rotatable bonds is 1. The van der Waals surface area contributed by atoms with Gasteiger partial charge in [0.2, 0.25) is 0 Å². The van der Waals surface area contributed by atoms with E-state index >= 15 is 0 Å². The van der Waals surface area contributed by atoms with Gasteiger partial charge in [-0.25, -0.2) is 0 Å². The first-order valence-electron chi connectivity index (χ1n) is 4.72. The number of benzene rings is 1. The summed E-state index contributed by atoms with van der Waals surface area (Å²) in [5.74, 6) is 0. The molecule has 3 heteroatoms. The van der Waals surface area contributed by atoms with Crippen LogP contribution in [0.25, 0.3) is 0 Å². The molecule has 1 heterocycles. The van der Waals surface area contributed by atoms with Crippen LogP contribution in [0, 0.1) is 6.07 Å². The molecule has 1 aliphatic heterocycles. The van der Waals surface area contributed by atoms with Gasteiger partial charge >= 0.3 is 0 Å². The third-order valence-electron chi connectivity index (χ3n) is 2.64. The molecule has 1 aromatic carbocycles. The Hall–Kier alpha value is -0.172. The van der Waals surface area contributed by atoms with E-state index < -0.39 is 5.60 Å². The van der Waals surface area contributed by atoms with E-state index in [0.29, 0.717) is 0 Å². The molecular formula is C11H14NOW-. The van der Waals surface area contributed by atoms with Gasteiger partial charge in [-0.1, -0.05) is 0 Å². The molecule has 2 nitrogen and oxygen atoms in total. The molecule has 2 rings (SSSR count). The Labute approximate surface area is 99.0 Å². The van der Waals surface area contributed by atoms with E-state index in [0.717, 1.165) is 31.5 Å². The van der Waals surface area contributed by atoms with Crippen LogP contribution >= 0.6 is 0 Å². The zero-order chi connectivity index (χ0) is 9.15. The van der Waals surface area contributed by atoms with Gasteiger partial charge in [0.05, 0.1) is 5.60 Å². The van der Waals surface area contributed by atoms with Crippen molar-refractivity contribution in [1.82, 2.24) is 5.32 Å². The van der Waals surface area contributed by atoms with Crippen molar-refractivity contribution >= 4 is 0 Å². The van der Waals surface area contributed by atoms with E-state index in [9.17, 15) is 5.11 Å². The normalized spacial score (nSPS) is 19.8. The zero-order valence-corrected chi connectivity index (χ0v) is 10.9. The fourth-order valence-corrected chi connectivity index (χ4v) is 1.79. The summed E-state index contributed by atoms with van der Waals surface area (Å²) in [5.41, 5.74) is 0.281. The second-order valence-electron chi connectivity index (χ2n) is 3.56. The SMILES string of the molecule is OC1(c2[c-]cccc2)CCNCC1.[W]. The number of aliphatic hydroxyl groups is 1. The van der Waals surface area contributed by atoms with Crippen molar-refractivity contribution < 1.29 is 26.2 Å². The molecule has 0 spiro atoms. The molecule has 0 amide bonds. The average molecular weight is 360 g/mol. The number of piperidine rings is 1. The summed E-state index contributed by atoms with van der Waals surface area (Å²) in [7, 11) is 0. The van der Waals surface area contributed by atoms with Crippen molar-refractivity contribution in [3.05, 3.63) is 35.9 Å². The molecule has 76 valence electrons. The van der Waals surface area contributed by atoms with Gasteiger partial charge in [-0.05, 0) is 25.9 Å². The Kier molecular flexibility index (Phi) is 4.30. The Morgan fingerprint density at radius 1 is 1.29 bits per heavy atom. The maximum atomic E-state index is 10.3. The topological polar surface area (TPSA) is 32.3 Å². The van der Waals surface area contributed by atoms with Gasteiger partial charge in [0, 0.05) is 21.1 Å². The first-order chi connectivity index (χ1) is 6.31. The Morgan fingerprint density at radius 2 is 2.00 bits per heavy atom. The summed E-state index contributed by atoms with van der Waals surface area (Å²) in [6.07, 6.45) is 1.57. The van der Waals surface area contributed by atoms with Crippen molar-refractivity contribution in [2.45, 2.75) is 18.4 Å². The van der Waals surface area contributed by atoms with Crippen molar-refractivity contribution in [2.75, 3.05) is 13.1 Å². The van der Waals surface area contributed by atoms with Crippen LogP contribution in [-0.2, 0) is 26.7 Å². The van der Waals surface area contributed by atoms with Crippen LogP contribution in [-0.4, -0.2) is 18.2 Å². The summed E-state index contributed by atoms with van der Waals surface area (Å²) < 4.78 is 0. The van der Waals surface area contributed by atoms with Crippen LogP contribution < -0.4 is 5.32 Å². The van der Waals surface area contributed by atoms with Crippen molar-refractivity contribution in [1.29, 1.82) is 0 Å². The summed E-state index contributed by atoms with van der Waals surface area (Å²) in [5, 5.41) is 13.5. The molecule has 1 saturated heterocycles. The molecule has 0 atom stereocenters. The summed E-state index contributed by atoms with van der Waals surface area (Å²) in [6.45, 7) is 1.78. The van der Waals surface area contributed by atoms with Crippen LogP contribution in [0.3, 0.4) is 0 Å². The summed E-state index contributed by atoms with van der Waals surface area (Å²) in [6, 6.07) is 10.8. The van der Waals surface area contributed by atoms with Gasteiger partial charge in [-0.15, -0.1) is 5.56 Å². The van der Waals surface area contributed by atoms with E-state index in [1.165, 1.54) is 0 Å². The van der Waals surface area contributed by atoms with Gasteiger partial charge in [-0.2, -0.15) is 30.3 Å². The minimum atomic E-state index is -0.646. The minimum absolute atomic E-state index is 0. The third kappa shape index (κ3) is 2.44. The first-order valence-corrected chi connectivity index (χ1v) is 4.72. The molecular weight excluding hydrogens is 346 g/mol. The van der Waals surface area contributed by atoms with Gasteiger partial charge in [0.1, 0.15) is 0 Å². The molecule has 0 bridgehead atoms. The van der Waals surface area contributed by atoms with Gasteiger partial charge < -0.3 is 10.4 Å². The van der Waals surface area contributed by atoms with E-state index in [1.807, 2.05) is 24.3 Å². The molecule has 1 aliphatic rings. The second kappa shape index (κ2) is 5.06. The standard InChI is InChI=1S/C11H14NO.W/c13-11(6-8-12-9-7-11)10-4-2-1-3-5-10;/h1-4,12-13H,6-9H2;/q-1;. The van der Waals surface area contributed by atoms with Crippen LogP contribution in [0.1, 0.15) is 18.4 Å². The first kappa shape index (κ1) is 11.9. The smallest absolute Gasteiger partial charge is 0.0698 e. The molecule has 14 heavy (non-hydrogen) atoms. The fourth-order valence-electron chi connectivity index (χ4n) is 1.79. The monoisotopic (exact) mass is 360 g/mol. The average Bonchev–Trinajstić information content (AvgIpc) is 2.20. The maximum absolute atomic E-state index is 10.3. The van der Waals surface area contributed by atoms with Crippen molar-refractivity contribution in [3.8, 4) is 0 Å². The fraction of sp³-hybridized carbons (Fsp3) is 0.455. The van der Waals surface area contributed by atoms with Crippen LogP contribution in [0.5, 0.6) is 0 Å². The molecule has 0 aromatic heterocycles. The number of nitrogens with one attached hydrogen (secondary N) is 1. The van der Waals surface area contributed by atoms with Crippen molar-refractivity contribution in [2.24, 2.45) is 0 Å². The molecule has 0 radical (unpaired) electrons. The molecule has 1 fully saturated rings. The molecule has 0 aliphatic carbocycles. The van der Waals surface area contributed by atoms with E-state index in [1.54, 1.807) is 0 Å². The van der Waals surface area contributed by atoms with Crippen LogP contribution in [0.2, 0.25) is 0 Å². The van der Waals surface area contributed by atoms with Gasteiger partial charge in [0.15, 0.2) is 0 Å². The number of hydrogen-bond acceptors (Lipinski definition) is 2. The van der Waals surface area contributed by atoms with Crippen molar-refractivity contribution in [3.63, 3.8) is 0 Å². The third-order valence-corrected chi connectivity index (χ3v) is 2.64. The largest absolute Gasteiger partial charge is 0.387 e. The molecule has 1 aromatic rings. The molecule has 0 unspecified atom stereocenters. The second-order valence-corrected chi connectivity index (χ2v) is 3.56.